The van der Waals surface area contributed by atoms with Crippen LogP contribution in [0.5, 0.6) is 5.75 Å². The Kier molecular flexibility index (Phi) is 5.76. The fourth-order valence-corrected chi connectivity index (χ4v) is 4.59. The lowest BCUT2D eigenvalue weighted by Gasteiger charge is -2.32. The number of benzene rings is 2. The van der Waals surface area contributed by atoms with Gasteiger partial charge in [0, 0.05) is 6.42 Å². The molecule has 1 aliphatic carbocycles. The highest BCUT2D eigenvalue weighted by molar-refractivity contribution is 6.07. The molecule has 2 N–H and O–H groups in total. The molecule has 1 heterocycles. The van der Waals surface area contributed by atoms with Gasteiger partial charge in [-0.1, -0.05) is 57.2 Å². The fourth-order valence-electron chi connectivity index (χ4n) is 4.59. The van der Waals surface area contributed by atoms with Crippen molar-refractivity contribution in [3.8, 4) is 5.75 Å². The van der Waals surface area contributed by atoms with E-state index in [4.69, 9.17) is 4.74 Å². The van der Waals surface area contributed by atoms with Crippen molar-refractivity contribution in [3.05, 3.63) is 64.7 Å². The molecule has 0 bridgehead atoms. The molecule has 0 saturated carbocycles. The molecular weight excluding hydrogens is 404 g/mol. The summed E-state index contributed by atoms with van der Waals surface area (Å²) in [5.74, 6) is 0.427. The van der Waals surface area contributed by atoms with Crippen molar-refractivity contribution in [3.63, 3.8) is 0 Å². The Bertz CT molecular complexity index is 1040. The first-order valence-electron chi connectivity index (χ1n) is 11.2. The number of imide groups is 1. The van der Waals surface area contributed by atoms with Crippen LogP contribution in [0.1, 0.15) is 49.4 Å². The second-order valence-corrected chi connectivity index (χ2v) is 10.1. The molecular formula is C26H32N2O4. The molecule has 6 heteroatoms. The molecule has 1 aliphatic heterocycles. The summed E-state index contributed by atoms with van der Waals surface area (Å²) in [5.41, 5.74) is 3.64. The van der Waals surface area contributed by atoms with E-state index in [-0.39, 0.29) is 24.5 Å². The zero-order valence-corrected chi connectivity index (χ0v) is 19.3. The van der Waals surface area contributed by atoms with Gasteiger partial charge in [0.1, 0.15) is 24.0 Å². The number of nitrogens with one attached hydrogen (secondary N) is 1. The Balaban J connectivity index is 1.38. The third-order valence-electron chi connectivity index (χ3n) is 6.54. The third-order valence-corrected chi connectivity index (χ3v) is 6.54. The SMILES string of the molecule is Cc1cc(C(C)(C)C)ccc1OCC(O)CN1C(=O)NC2(CCc3ccccc3C2)C1=O. The average molecular weight is 437 g/mol. The van der Waals surface area contributed by atoms with Gasteiger partial charge in [-0.25, -0.2) is 4.79 Å². The standard InChI is InChI=1S/C26H32N2O4/c1-17-13-20(25(2,3)4)9-10-22(17)32-16-21(29)15-28-23(30)26(27-24(28)31)12-11-18-7-5-6-8-19(18)14-26/h5-10,13,21,29H,11-12,14-16H2,1-4H3,(H,27,31). The van der Waals surface area contributed by atoms with E-state index in [0.29, 0.717) is 18.6 Å². The van der Waals surface area contributed by atoms with E-state index in [2.05, 4.69) is 38.2 Å². The zero-order valence-electron chi connectivity index (χ0n) is 19.3. The first-order chi connectivity index (χ1) is 15.1. The number of amides is 3. The summed E-state index contributed by atoms with van der Waals surface area (Å²) in [6.45, 7) is 8.35. The van der Waals surface area contributed by atoms with Crippen molar-refractivity contribution in [2.24, 2.45) is 0 Å². The van der Waals surface area contributed by atoms with Crippen LogP contribution >= 0.6 is 0 Å². The van der Waals surface area contributed by atoms with Crippen LogP contribution in [0.25, 0.3) is 0 Å². The molecule has 170 valence electrons. The Morgan fingerprint density at radius 3 is 2.56 bits per heavy atom. The van der Waals surface area contributed by atoms with Crippen LogP contribution in [0, 0.1) is 6.92 Å². The number of hydrogen-bond donors (Lipinski definition) is 2. The van der Waals surface area contributed by atoms with Crippen LogP contribution in [-0.4, -0.2) is 46.7 Å². The van der Waals surface area contributed by atoms with Crippen molar-refractivity contribution in [1.29, 1.82) is 0 Å². The predicted octanol–water partition coefficient (Wildman–Crippen LogP) is 3.51. The van der Waals surface area contributed by atoms with E-state index in [9.17, 15) is 14.7 Å². The molecule has 0 radical (unpaired) electrons. The molecule has 0 aromatic heterocycles. The maximum Gasteiger partial charge on any atom is 0.325 e. The number of aliphatic hydroxyl groups excluding tert-OH is 1. The maximum absolute atomic E-state index is 13.2. The van der Waals surface area contributed by atoms with Crippen LogP contribution in [-0.2, 0) is 23.1 Å². The van der Waals surface area contributed by atoms with E-state index in [1.165, 1.54) is 11.1 Å². The summed E-state index contributed by atoms with van der Waals surface area (Å²) in [6, 6.07) is 13.6. The number of carbonyl (C=O) groups excluding carboxylic acids is 2. The maximum atomic E-state index is 13.2. The van der Waals surface area contributed by atoms with Crippen LogP contribution in [0.2, 0.25) is 0 Å². The van der Waals surface area contributed by atoms with Crippen molar-refractivity contribution in [2.45, 2.75) is 64.0 Å². The topological polar surface area (TPSA) is 78.9 Å². The van der Waals surface area contributed by atoms with Crippen molar-refractivity contribution >= 4 is 11.9 Å². The van der Waals surface area contributed by atoms with Gasteiger partial charge in [-0.15, -0.1) is 0 Å². The van der Waals surface area contributed by atoms with Crippen molar-refractivity contribution in [1.82, 2.24) is 10.2 Å². The molecule has 4 rings (SSSR count). The Labute approximate surface area is 189 Å². The molecule has 2 unspecified atom stereocenters. The van der Waals surface area contributed by atoms with Gasteiger partial charge in [0.05, 0.1) is 6.54 Å². The second kappa shape index (κ2) is 8.24. The summed E-state index contributed by atoms with van der Waals surface area (Å²) in [7, 11) is 0. The number of urea groups is 1. The zero-order chi connectivity index (χ0) is 23.1. The number of nitrogens with zero attached hydrogens (tertiary/aromatic N) is 1. The van der Waals surface area contributed by atoms with E-state index in [1.807, 2.05) is 37.3 Å². The number of fused-ring (bicyclic) bond motifs is 1. The number of aryl methyl sites for hydroxylation is 2. The number of carbonyl (C=O) groups is 2. The molecule has 2 atom stereocenters. The highest BCUT2D eigenvalue weighted by atomic mass is 16.5. The lowest BCUT2D eigenvalue weighted by molar-refractivity contribution is -0.132. The summed E-state index contributed by atoms with van der Waals surface area (Å²) >= 11 is 0. The normalized spacial score (nSPS) is 21.5. The molecule has 1 spiro atoms. The number of aliphatic hydroxyl groups is 1. The Morgan fingerprint density at radius 2 is 1.88 bits per heavy atom. The molecule has 32 heavy (non-hydrogen) atoms. The Hall–Kier alpha value is -2.86. The minimum atomic E-state index is -0.975. The van der Waals surface area contributed by atoms with Crippen LogP contribution < -0.4 is 10.1 Å². The first kappa shape index (κ1) is 22.3. The van der Waals surface area contributed by atoms with Gasteiger partial charge in [0.15, 0.2) is 0 Å². The van der Waals surface area contributed by atoms with Gasteiger partial charge >= 0.3 is 6.03 Å². The highest BCUT2D eigenvalue weighted by Crippen LogP contribution is 2.34. The predicted molar refractivity (Wildman–Crippen MR) is 123 cm³/mol. The molecule has 2 aliphatic rings. The summed E-state index contributed by atoms with van der Waals surface area (Å²) in [4.78, 5) is 26.9. The number of ether oxygens (including phenoxy) is 1. The third kappa shape index (κ3) is 4.24. The second-order valence-electron chi connectivity index (χ2n) is 10.1. The molecule has 2 aromatic rings. The lowest BCUT2D eigenvalue weighted by Crippen LogP contribution is -2.51. The Morgan fingerprint density at radius 1 is 1.16 bits per heavy atom. The number of rotatable bonds is 5. The summed E-state index contributed by atoms with van der Waals surface area (Å²) in [6.07, 6.45) is 0.816. The van der Waals surface area contributed by atoms with Gasteiger partial charge in [-0.3, -0.25) is 9.69 Å². The minimum absolute atomic E-state index is 0.00258. The van der Waals surface area contributed by atoms with Gasteiger partial charge in [0.25, 0.3) is 5.91 Å². The average Bonchev–Trinajstić information content (AvgIpc) is 2.96. The smallest absolute Gasteiger partial charge is 0.325 e. The summed E-state index contributed by atoms with van der Waals surface area (Å²) in [5, 5.41) is 13.4. The van der Waals surface area contributed by atoms with Crippen molar-refractivity contribution in [2.75, 3.05) is 13.2 Å². The molecule has 1 saturated heterocycles. The first-order valence-corrected chi connectivity index (χ1v) is 11.2. The van der Waals surface area contributed by atoms with Crippen LogP contribution in [0.15, 0.2) is 42.5 Å². The summed E-state index contributed by atoms with van der Waals surface area (Å²) < 4.78 is 5.81. The van der Waals surface area contributed by atoms with E-state index in [0.717, 1.165) is 22.4 Å². The van der Waals surface area contributed by atoms with E-state index in [1.54, 1.807) is 0 Å². The van der Waals surface area contributed by atoms with Gasteiger partial charge in [-0.2, -0.15) is 0 Å². The van der Waals surface area contributed by atoms with Gasteiger partial charge in [-0.05, 0) is 53.5 Å². The van der Waals surface area contributed by atoms with Crippen molar-refractivity contribution < 1.29 is 19.4 Å². The van der Waals surface area contributed by atoms with E-state index >= 15 is 0 Å². The lowest BCUT2D eigenvalue weighted by atomic mass is 9.78. The minimum Gasteiger partial charge on any atom is -0.491 e. The van der Waals surface area contributed by atoms with E-state index < -0.39 is 17.7 Å². The highest BCUT2D eigenvalue weighted by Gasteiger charge is 2.52. The van der Waals surface area contributed by atoms with Crippen LogP contribution in [0.4, 0.5) is 4.79 Å². The van der Waals surface area contributed by atoms with Crippen LogP contribution in [0.3, 0.4) is 0 Å². The fraction of sp³-hybridized carbons (Fsp3) is 0.462. The largest absolute Gasteiger partial charge is 0.491 e. The van der Waals surface area contributed by atoms with Gasteiger partial charge < -0.3 is 15.2 Å². The molecule has 6 nitrogen and oxygen atoms in total. The monoisotopic (exact) mass is 436 g/mol. The quantitative estimate of drug-likeness (QED) is 0.703. The molecule has 3 amide bonds. The molecule has 1 fully saturated rings. The van der Waals surface area contributed by atoms with Gasteiger partial charge in [0.2, 0.25) is 0 Å². The number of hydrogen-bond acceptors (Lipinski definition) is 4. The number of β-amino-alcohol motifs (C(OH)–C–C–N with tert-alkyl or cyclic N) is 1. The molecule has 2 aromatic carbocycles.